The number of carbonyl (C=O) groups excluding carboxylic acids is 1. The third-order valence-electron chi connectivity index (χ3n) is 4.56. The largest absolute Gasteiger partial charge is 0.489 e. The minimum Gasteiger partial charge on any atom is -0.489 e. The topological polar surface area (TPSA) is 86.5 Å². The molecule has 31 heavy (non-hydrogen) atoms. The molecule has 2 heterocycles. The number of aromatic nitrogens is 2. The molecule has 0 aliphatic carbocycles. The van der Waals surface area contributed by atoms with Crippen molar-refractivity contribution in [2.24, 2.45) is 0 Å². The number of ether oxygens (including phenoxy) is 2. The molecule has 0 radical (unpaired) electrons. The van der Waals surface area contributed by atoms with Crippen LogP contribution in [0.3, 0.4) is 0 Å². The van der Waals surface area contributed by atoms with E-state index in [-0.39, 0.29) is 6.61 Å². The SMILES string of the molecule is CCOC(=O)c1c(C)oc2ncnc(Nc3ccc(OCc4cccc(Cl)c4)cc3)c12. The van der Waals surface area contributed by atoms with Crippen molar-refractivity contribution < 1.29 is 18.7 Å². The highest BCUT2D eigenvalue weighted by atomic mass is 35.5. The van der Waals surface area contributed by atoms with Gasteiger partial charge in [0.1, 0.15) is 35.8 Å². The molecule has 0 fully saturated rings. The molecule has 0 atom stereocenters. The molecule has 2 aromatic heterocycles. The van der Waals surface area contributed by atoms with Gasteiger partial charge >= 0.3 is 5.97 Å². The maximum Gasteiger partial charge on any atom is 0.342 e. The highest BCUT2D eigenvalue weighted by Crippen LogP contribution is 2.31. The molecule has 0 spiro atoms. The van der Waals surface area contributed by atoms with Gasteiger partial charge in [-0.1, -0.05) is 23.7 Å². The molecule has 4 rings (SSSR count). The van der Waals surface area contributed by atoms with Crippen LogP contribution in [-0.2, 0) is 11.3 Å². The Bertz CT molecular complexity index is 1220. The molecular weight excluding hydrogens is 418 g/mol. The van der Waals surface area contributed by atoms with Crippen molar-refractivity contribution in [1.82, 2.24) is 9.97 Å². The summed E-state index contributed by atoms with van der Waals surface area (Å²) in [5, 5.41) is 4.37. The van der Waals surface area contributed by atoms with Gasteiger partial charge in [-0.2, -0.15) is 0 Å². The Hall–Kier alpha value is -3.58. The van der Waals surface area contributed by atoms with E-state index in [1.165, 1.54) is 6.33 Å². The summed E-state index contributed by atoms with van der Waals surface area (Å²) in [5.41, 5.74) is 2.39. The summed E-state index contributed by atoms with van der Waals surface area (Å²) in [4.78, 5) is 20.8. The zero-order chi connectivity index (χ0) is 21.8. The Morgan fingerprint density at radius 3 is 2.71 bits per heavy atom. The van der Waals surface area contributed by atoms with Gasteiger partial charge in [0.25, 0.3) is 0 Å². The quantitative estimate of drug-likeness (QED) is 0.372. The van der Waals surface area contributed by atoms with E-state index in [4.69, 9.17) is 25.5 Å². The Labute approximate surface area is 184 Å². The molecule has 0 amide bonds. The minimum atomic E-state index is -0.471. The Morgan fingerprint density at radius 2 is 1.97 bits per heavy atom. The van der Waals surface area contributed by atoms with Crippen LogP contribution in [0, 0.1) is 6.92 Å². The number of anilines is 2. The van der Waals surface area contributed by atoms with Crippen LogP contribution < -0.4 is 10.1 Å². The molecule has 4 aromatic rings. The zero-order valence-corrected chi connectivity index (χ0v) is 17.8. The Morgan fingerprint density at radius 1 is 1.16 bits per heavy atom. The highest BCUT2D eigenvalue weighted by Gasteiger charge is 2.23. The number of furan rings is 1. The van der Waals surface area contributed by atoms with Crippen molar-refractivity contribution in [2.75, 3.05) is 11.9 Å². The summed E-state index contributed by atoms with van der Waals surface area (Å²) in [6, 6.07) is 14.9. The van der Waals surface area contributed by atoms with Gasteiger partial charge in [-0.15, -0.1) is 0 Å². The van der Waals surface area contributed by atoms with Gasteiger partial charge in [-0.05, 0) is 55.8 Å². The second-order valence-electron chi connectivity index (χ2n) is 6.72. The fraction of sp³-hybridized carbons (Fsp3) is 0.174. The lowest BCUT2D eigenvalue weighted by molar-refractivity contribution is 0.0526. The van der Waals surface area contributed by atoms with E-state index in [0.29, 0.717) is 45.6 Å². The number of carbonyl (C=O) groups is 1. The smallest absolute Gasteiger partial charge is 0.342 e. The minimum absolute atomic E-state index is 0.262. The summed E-state index contributed by atoms with van der Waals surface area (Å²) in [7, 11) is 0. The second-order valence-corrected chi connectivity index (χ2v) is 7.16. The molecule has 0 saturated carbocycles. The molecule has 2 aromatic carbocycles. The number of fused-ring (bicyclic) bond motifs is 1. The summed E-state index contributed by atoms with van der Waals surface area (Å²) >= 11 is 6.01. The Balaban J connectivity index is 1.53. The van der Waals surface area contributed by atoms with Gasteiger partial charge < -0.3 is 19.2 Å². The number of nitrogens with zero attached hydrogens (tertiary/aromatic N) is 2. The molecule has 8 heteroatoms. The summed E-state index contributed by atoms with van der Waals surface area (Å²) in [6.07, 6.45) is 1.38. The number of hydrogen-bond donors (Lipinski definition) is 1. The molecule has 158 valence electrons. The maximum atomic E-state index is 12.4. The average Bonchev–Trinajstić information content (AvgIpc) is 3.10. The number of nitrogens with one attached hydrogen (secondary N) is 1. The fourth-order valence-electron chi connectivity index (χ4n) is 3.15. The third-order valence-corrected chi connectivity index (χ3v) is 4.79. The standard InChI is InChI=1S/C23H20ClN3O4/c1-3-29-23(28)19-14(2)31-22-20(19)21(25-13-26-22)27-17-7-9-18(10-8-17)30-12-15-5-4-6-16(24)11-15/h4-11,13H,3,12H2,1-2H3,(H,25,26,27). The molecule has 0 unspecified atom stereocenters. The monoisotopic (exact) mass is 437 g/mol. The van der Waals surface area contributed by atoms with Gasteiger partial charge in [0.2, 0.25) is 5.71 Å². The first kappa shape index (κ1) is 20.7. The number of aryl methyl sites for hydroxylation is 1. The lowest BCUT2D eigenvalue weighted by Gasteiger charge is -2.10. The van der Waals surface area contributed by atoms with Gasteiger partial charge in [-0.3, -0.25) is 0 Å². The number of halogens is 1. The summed E-state index contributed by atoms with van der Waals surface area (Å²) in [5.74, 6) is 1.13. The molecular formula is C23H20ClN3O4. The zero-order valence-electron chi connectivity index (χ0n) is 17.0. The van der Waals surface area contributed by atoms with E-state index >= 15 is 0 Å². The van der Waals surface area contributed by atoms with Crippen LogP contribution in [0.1, 0.15) is 28.6 Å². The van der Waals surface area contributed by atoms with Crippen LogP contribution >= 0.6 is 11.6 Å². The molecule has 1 N–H and O–H groups in total. The van der Waals surface area contributed by atoms with E-state index in [0.717, 1.165) is 11.3 Å². The number of esters is 1. The van der Waals surface area contributed by atoms with E-state index in [2.05, 4.69) is 15.3 Å². The van der Waals surface area contributed by atoms with Crippen LogP contribution in [0.25, 0.3) is 11.1 Å². The normalized spacial score (nSPS) is 10.8. The first-order valence-electron chi connectivity index (χ1n) is 9.70. The van der Waals surface area contributed by atoms with E-state index in [9.17, 15) is 4.79 Å². The fourth-order valence-corrected chi connectivity index (χ4v) is 3.37. The summed E-state index contributed by atoms with van der Waals surface area (Å²) in [6.45, 7) is 4.13. The van der Waals surface area contributed by atoms with Crippen LogP contribution in [0.2, 0.25) is 5.02 Å². The average molecular weight is 438 g/mol. The Kier molecular flexibility index (Phi) is 6.04. The molecule has 0 aliphatic rings. The summed E-state index contributed by atoms with van der Waals surface area (Å²) < 4.78 is 16.6. The van der Waals surface area contributed by atoms with E-state index in [1.807, 2.05) is 48.5 Å². The van der Waals surface area contributed by atoms with Gasteiger partial charge in [0.15, 0.2) is 0 Å². The van der Waals surface area contributed by atoms with Crippen molar-refractivity contribution in [1.29, 1.82) is 0 Å². The van der Waals surface area contributed by atoms with Crippen LogP contribution in [0.4, 0.5) is 11.5 Å². The highest BCUT2D eigenvalue weighted by molar-refractivity contribution is 6.30. The predicted octanol–water partition coefficient (Wildman–Crippen LogP) is 5.68. The number of benzene rings is 2. The maximum absolute atomic E-state index is 12.4. The van der Waals surface area contributed by atoms with Crippen LogP contribution in [0.5, 0.6) is 5.75 Å². The van der Waals surface area contributed by atoms with E-state index < -0.39 is 5.97 Å². The van der Waals surface area contributed by atoms with Crippen molar-refractivity contribution in [3.05, 3.63) is 76.8 Å². The predicted molar refractivity (Wildman–Crippen MR) is 118 cm³/mol. The van der Waals surface area contributed by atoms with Crippen molar-refractivity contribution in [3.8, 4) is 5.75 Å². The van der Waals surface area contributed by atoms with Crippen LogP contribution in [0.15, 0.2) is 59.3 Å². The van der Waals surface area contributed by atoms with Crippen molar-refractivity contribution >= 4 is 40.2 Å². The first-order chi connectivity index (χ1) is 15.0. The van der Waals surface area contributed by atoms with Gasteiger partial charge in [0.05, 0.1) is 12.0 Å². The number of hydrogen-bond acceptors (Lipinski definition) is 7. The van der Waals surface area contributed by atoms with Gasteiger partial charge in [-0.25, -0.2) is 14.8 Å². The van der Waals surface area contributed by atoms with Crippen molar-refractivity contribution in [2.45, 2.75) is 20.5 Å². The lowest BCUT2D eigenvalue weighted by atomic mass is 10.2. The number of rotatable bonds is 7. The lowest BCUT2D eigenvalue weighted by Crippen LogP contribution is -2.06. The molecule has 0 aliphatic heterocycles. The van der Waals surface area contributed by atoms with Crippen molar-refractivity contribution in [3.63, 3.8) is 0 Å². The first-order valence-corrected chi connectivity index (χ1v) is 10.1. The second kappa shape index (κ2) is 9.06. The molecule has 0 bridgehead atoms. The molecule has 7 nitrogen and oxygen atoms in total. The third kappa shape index (κ3) is 4.62. The van der Waals surface area contributed by atoms with Crippen LogP contribution in [-0.4, -0.2) is 22.5 Å². The van der Waals surface area contributed by atoms with E-state index in [1.54, 1.807) is 13.8 Å². The van der Waals surface area contributed by atoms with Gasteiger partial charge in [0, 0.05) is 10.7 Å². The molecule has 0 saturated heterocycles.